The van der Waals surface area contributed by atoms with Crippen molar-refractivity contribution in [3.05, 3.63) is 44.6 Å². The molecule has 1 aromatic heterocycles. The normalized spacial score (nSPS) is 10.6. The first-order valence-corrected chi connectivity index (χ1v) is 6.71. The number of nitrogens with one attached hydrogen (secondary N) is 2. The molecule has 0 fully saturated rings. The Labute approximate surface area is 125 Å². The second-order valence-electron chi connectivity index (χ2n) is 3.88. The van der Waals surface area contributed by atoms with Gasteiger partial charge in [0, 0.05) is 13.5 Å². The summed E-state index contributed by atoms with van der Waals surface area (Å²) in [5.74, 6) is 0.714. The van der Waals surface area contributed by atoms with Gasteiger partial charge >= 0.3 is 5.69 Å². The van der Waals surface area contributed by atoms with Gasteiger partial charge < -0.3 is 0 Å². The Kier molecular flexibility index (Phi) is 4.59. The molecule has 6 nitrogen and oxygen atoms in total. The molecule has 0 radical (unpaired) electrons. The van der Waals surface area contributed by atoms with Crippen molar-refractivity contribution in [1.82, 2.24) is 20.0 Å². The Morgan fingerprint density at radius 1 is 1.25 bits per heavy atom. The second kappa shape index (κ2) is 6.21. The minimum absolute atomic E-state index is 0.203. The maximum atomic E-state index is 12.2. The number of hydrazine groups is 1. The Bertz CT molecular complexity index is 666. The number of hydrogen-bond donors (Lipinski definition) is 2. The maximum Gasteiger partial charge on any atom is 0.357 e. The molecule has 0 aliphatic carbocycles. The van der Waals surface area contributed by atoms with Gasteiger partial charge in [-0.3, -0.25) is 5.43 Å². The van der Waals surface area contributed by atoms with Crippen LogP contribution in [0, 0.1) is 0 Å². The molecular formula is C12H13Cl2N5O. The topological polar surface area (TPSA) is 71.8 Å². The van der Waals surface area contributed by atoms with Crippen molar-refractivity contribution in [2.75, 3.05) is 12.5 Å². The van der Waals surface area contributed by atoms with E-state index in [-0.39, 0.29) is 5.95 Å². The molecule has 0 aliphatic rings. The molecule has 0 amide bonds. The fourth-order valence-electron chi connectivity index (χ4n) is 1.78. The molecule has 8 heteroatoms. The third kappa shape index (κ3) is 2.77. The quantitative estimate of drug-likeness (QED) is 0.845. The molecule has 0 unspecified atom stereocenters. The van der Waals surface area contributed by atoms with Crippen molar-refractivity contribution < 1.29 is 0 Å². The molecule has 1 heterocycles. The number of rotatable bonds is 4. The van der Waals surface area contributed by atoms with Crippen LogP contribution < -0.4 is 16.5 Å². The predicted octanol–water partition coefficient (Wildman–Crippen LogP) is 2.04. The average Bonchev–Trinajstić information content (AvgIpc) is 2.40. The van der Waals surface area contributed by atoms with Gasteiger partial charge in [-0.15, -0.1) is 0 Å². The van der Waals surface area contributed by atoms with Gasteiger partial charge in [0.2, 0.25) is 5.95 Å². The molecule has 0 atom stereocenters. The van der Waals surface area contributed by atoms with Gasteiger partial charge in [0.05, 0.1) is 15.7 Å². The van der Waals surface area contributed by atoms with E-state index in [9.17, 15) is 4.79 Å². The molecule has 0 bridgehead atoms. The maximum absolute atomic E-state index is 12.2. The Morgan fingerprint density at radius 3 is 2.45 bits per heavy atom. The molecule has 20 heavy (non-hydrogen) atoms. The third-order valence-corrected chi connectivity index (χ3v) is 3.21. The van der Waals surface area contributed by atoms with Crippen molar-refractivity contribution in [3.63, 3.8) is 0 Å². The van der Waals surface area contributed by atoms with Crippen molar-refractivity contribution in [2.45, 2.75) is 13.3 Å². The highest BCUT2D eigenvalue weighted by molar-refractivity contribution is 6.37. The van der Waals surface area contributed by atoms with Crippen molar-refractivity contribution in [3.8, 4) is 5.69 Å². The minimum Gasteiger partial charge on any atom is -0.290 e. The van der Waals surface area contributed by atoms with Crippen LogP contribution in [-0.2, 0) is 6.42 Å². The van der Waals surface area contributed by atoms with E-state index in [0.717, 1.165) is 0 Å². The molecule has 2 aromatic rings. The fourth-order valence-corrected chi connectivity index (χ4v) is 2.35. The summed E-state index contributed by atoms with van der Waals surface area (Å²) in [6.07, 6.45) is 0.526. The number of para-hydroxylation sites is 1. The second-order valence-corrected chi connectivity index (χ2v) is 4.69. The van der Waals surface area contributed by atoms with E-state index in [0.29, 0.717) is 28.0 Å². The first-order chi connectivity index (χ1) is 9.58. The van der Waals surface area contributed by atoms with Crippen LogP contribution >= 0.6 is 23.2 Å². The standard InChI is InChI=1S/C12H13Cl2N5O/c1-3-9-16-11(18-15-2)17-12(20)19(9)10-7(13)5-4-6-8(10)14/h4-6,15H,3H2,1-2H3,(H,17,18,20). The number of halogens is 2. The SMILES string of the molecule is CCc1nc(NNC)nc(=O)n1-c1c(Cl)cccc1Cl. The van der Waals surface area contributed by atoms with Crippen LogP contribution in [0.5, 0.6) is 0 Å². The lowest BCUT2D eigenvalue weighted by molar-refractivity contribution is 0.761. The summed E-state index contributed by atoms with van der Waals surface area (Å²) < 4.78 is 1.32. The number of nitrogens with zero attached hydrogens (tertiary/aromatic N) is 3. The van der Waals surface area contributed by atoms with Crippen molar-refractivity contribution in [2.24, 2.45) is 0 Å². The monoisotopic (exact) mass is 313 g/mol. The van der Waals surface area contributed by atoms with E-state index >= 15 is 0 Å². The summed E-state index contributed by atoms with van der Waals surface area (Å²) in [6, 6.07) is 5.03. The lowest BCUT2D eigenvalue weighted by Crippen LogP contribution is -2.30. The Balaban J connectivity index is 2.71. The zero-order valence-electron chi connectivity index (χ0n) is 10.9. The molecule has 106 valence electrons. The summed E-state index contributed by atoms with van der Waals surface area (Å²) in [6.45, 7) is 1.88. The van der Waals surface area contributed by atoms with Crippen LogP contribution in [0.1, 0.15) is 12.7 Å². The first-order valence-electron chi connectivity index (χ1n) is 5.95. The molecule has 2 rings (SSSR count). The largest absolute Gasteiger partial charge is 0.357 e. The van der Waals surface area contributed by atoms with Gasteiger partial charge in [-0.25, -0.2) is 14.8 Å². The molecule has 2 N–H and O–H groups in total. The highest BCUT2D eigenvalue weighted by Gasteiger charge is 2.15. The lowest BCUT2D eigenvalue weighted by Gasteiger charge is -2.14. The Hall–Kier alpha value is -1.63. The van der Waals surface area contributed by atoms with E-state index in [1.54, 1.807) is 25.2 Å². The van der Waals surface area contributed by atoms with Gasteiger partial charge in [-0.05, 0) is 12.1 Å². The Morgan fingerprint density at radius 2 is 1.90 bits per heavy atom. The molecule has 0 spiro atoms. The number of aromatic nitrogens is 3. The summed E-state index contributed by atoms with van der Waals surface area (Å²) in [7, 11) is 1.66. The molecule has 0 aliphatic heterocycles. The zero-order valence-corrected chi connectivity index (χ0v) is 12.5. The van der Waals surface area contributed by atoms with Crippen LogP contribution in [0.4, 0.5) is 5.95 Å². The summed E-state index contributed by atoms with van der Waals surface area (Å²) in [5.41, 5.74) is 5.25. The van der Waals surface area contributed by atoms with E-state index < -0.39 is 5.69 Å². The highest BCUT2D eigenvalue weighted by Crippen LogP contribution is 2.27. The van der Waals surface area contributed by atoms with Crippen LogP contribution in [-0.4, -0.2) is 21.6 Å². The van der Waals surface area contributed by atoms with Crippen LogP contribution in [0.25, 0.3) is 5.69 Å². The van der Waals surface area contributed by atoms with E-state index in [2.05, 4.69) is 20.8 Å². The van der Waals surface area contributed by atoms with E-state index in [1.807, 2.05) is 6.92 Å². The fraction of sp³-hybridized carbons (Fsp3) is 0.250. The molecule has 0 saturated heterocycles. The summed E-state index contributed by atoms with van der Waals surface area (Å²) in [4.78, 5) is 20.3. The summed E-state index contributed by atoms with van der Waals surface area (Å²) >= 11 is 12.3. The molecular weight excluding hydrogens is 301 g/mol. The smallest absolute Gasteiger partial charge is 0.290 e. The van der Waals surface area contributed by atoms with Gasteiger partial charge in [-0.1, -0.05) is 36.2 Å². The first kappa shape index (κ1) is 14.8. The van der Waals surface area contributed by atoms with Crippen LogP contribution in [0.15, 0.2) is 23.0 Å². The van der Waals surface area contributed by atoms with Gasteiger partial charge in [0.25, 0.3) is 0 Å². The van der Waals surface area contributed by atoms with Crippen LogP contribution in [0.3, 0.4) is 0 Å². The average molecular weight is 314 g/mol. The number of anilines is 1. The number of aryl methyl sites for hydroxylation is 1. The van der Waals surface area contributed by atoms with Gasteiger partial charge in [0.15, 0.2) is 0 Å². The molecule has 0 saturated carbocycles. The third-order valence-electron chi connectivity index (χ3n) is 2.60. The predicted molar refractivity (Wildman–Crippen MR) is 79.7 cm³/mol. The van der Waals surface area contributed by atoms with E-state index in [4.69, 9.17) is 23.2 Å². The van der Waals surface area contributed by atoms with E-state index in [1.165, 1.54) is 4.57 Å². The number of hydrogen-bond acceptors (Lipinski definition) is 5. The van der Waals surface area contributed by atoms with Gasteiger partial charge in [-0.2, -0.15) is 9.97 Å². The van der Waals surface area contributed by atoms with Crippen molar-refractivity contribution in [1.29, 1.82) is 0 Å². The van der Waals surface area contributed by atoms with Crippen LogP contribution in [0.2, 0.25) is 10.0 Å². The van der Waals surface area contributed by atoms with Gasteiger partial charge in [0.1, 0.15) is 5.82 Å². The molecule has 1 aromatic carbocycles. The number of benzene rings is 1. The minimum atomic E-state index is -0.496. The highest BCUT2D eigenvalue weighted by atomic mass is 35.5. The zero-order chi connectivity index (χ0) is 14.7. The lowest BCUT2D eigenvalue weighted by atomic mass is 10.3. The van der Waals surface area contributed by atoms with Crippen molar-refractivity contribution >= 4 is 29.2 Å². The summed E-state index contributed by atoms with van der Waals surface area (Å²) in [5, 5.41) is 0.736.